The van der Waals surface area contributed by atoms with Gasteiger partial charge in [0.25, 0.3) is 0 Å². The van der Waals surface area contributed by atoms with Crippen molar-refractivity contribution in [3.05, 3.63) is 89.5 Å². The molecule has 3 aliphatic rings. The van der Waals surface area contributed by atoms with E-state index in [1.165, 1.54) is 22.6 Å². The van der Waals surface area contributed by atoms with Crippen LogP contribution in [0.15, 0.2) is 72.8 Å². The molecule has 3 aromatic rings. The molecule has 10 heteroatoms. The van der Waals surface area contributed by atoms with Gasteiger partial charge in [-0.2, -0.15) is 0 Å². The van der Waals surface area contributed by atoms with Crippen LogP contribution in [0.1, 0.15) is 49.8 Å². The van der Waals surface area contributed by atoms with Crippen molar-refractivity contribution in [2.75, 3.05) is 18.6 Å². The number of amides is 2. The molecule has 2 amide bonds. The number of benzene rings is 3. The molecule has 0 aromatic heterocycles. The number of esters is 1. The van der Waals surface area contributed by atoms with E-state index in [1.54, 1.807) is 7.11 Å². The molecule has 0 saturated carbocycles. The standard InChI is InChI=1S/C39H48N2O7Si/c1-25-34(19-12-27-10-13-30(14-11-27)41-37(45)22-38(41)47-26(2)43)48-35(39(25)49(4,5)33-17-15-32(46-3)16-18-33)21-36(44)40-23-29-9-7-6-8-28(29)20-31(40)24-42/h6-11,13-18,25,31,34-35,38-39,42H,12,19-24H2,1-5H3/t25-,31-,34+,35-,38?,39+/m0/s1. The van der Waals surface area contributed by atoms with Crippen molar-refractivity contribution in [1.29, 1.82) is 0 Å². The molecule has 6 rings (SSSR count). The van der Waals surface area contributed by atoms with Crippen LogP contribution >= 0.6 is 0 Å². The average molecular weight is 685 g/mol. The predicted molar refractivity (Wildman–Crippen MR) is 190 cm³/mol. The highest BCUT2D eigenvalue weighted by Gasteiger charge is 2.51. The van der Waals surface area contributed by atoms with E-state index < -0.39 is 20.3 Å². The Morgan fingerprint density at radius 1 is 0.959 bits per heavy atom. The van der Waals surface area contributed by atoms with Crippen LogP contribution in [0.25, 0.3) is 0 Å². The van der Waals surface area contributed by atoms with Gasteiger partial charge in [-0.05, 0) is 71.7 Å². The third-order valence-electron chi connectivity index (χ3n) is 11.0. The summed E-state index contributed by atoms with van der Waals surface area (Å²) in [5.41, 5.74) is 4.35. The maximum atomic E-state index is 14.1. The maximum Gasteiger partial charge on any atom is 0.304 e. The third kappa shape index (κ3) is 7.18. The zero-order valence-corrected chi connectivity index (χ0v) is 30.1. The van der Waals surface area contributed by atoms with Crippen LogP contribution in [-0.4, -0.2) is 74.1 Å². The first-order valence-electron chi connectivity index (χ1n) is 17.4. The van der Waals surface area contributed by atoms with Gasteiger partial charge >= 0.3 is 5.97 Å². The molecule has 2 fully saturated rings. The van der Waals surface area contributed by atoms with Crippen molar-refractivity contribution in [3.63, 3.8) is 0 Å². The smallest absolute Gasteiger partial charge is 0.304 e. The van der Waals surface area contributed by atoms with E-state index in [-0.39, 0.29) is 61.0 Å². The first-order valence-corrected chi connectivity index (χ1v) is 20.4. The zero-order valence-electron chi connectivity index (χ0n) is 29.1. The lowest BCUT2D eigenvalue weighted by Crippen LogP contribution is -2.54. The number of nitrogens with zero attached hydrogens (tertiary/aromatic N) is 2. The lowest BCUT2D eigenvalue weighted by Gasteiger charge is -2.39. The highest BCUT2D eigenvalue weighted by atomic mass is 28.3. The molecule has 0 radical (unpaired) electrons. The van der Waals surface area contributed by atoms with Crippen molar-refractivity contribution in [1.82, 2.24) is 4.90 Å². The molecular formula is C39H48N2O7Si. The van der Waals surface area contributed by atoms with Gasteiger partial charge in [0, 0.05) is 19.2 Å². The van der Waals surface area contributed by atoms with E-state index in [0.717, 1.165) is 29.7 Å². The van der Waals surface area contributed by atoms with Gasteiger partial charge in [0.05, 0.1) is 52.9 Å². The Labute approximate surface area is 290 Å². The summed E-state index contributed by atoms with van der Waals surface area (Å²) in [7, 11) is -0.501. The number of aliphatic hydroxyl groups excluding tert-OH is 1. The van der Waals surface area contributed by atoms with E-state index in [4.69, 9.17) is 14.2 Å². The summed E-state index contributed by atoms with van der Waals surface area (Å²) in [6.07, 6.45) is 1.87. The van der Waals surface area contributed by atoms with E-state index in [9.17, 15) is 19.5 Å². The number of anilines is 1. The van der Waals surface area contributed by atoms with Crippen LogP contribution < -0.4 is 14.8 Å². The van der Waals surface area contributed by atoms with Crippen molar-refractivity contribution in [3.8, 4) is 5.75 Å². The first-order chi connectivity index (χ1) is 23.5. The molecular weight excluding hydrogens is 637 g/mol. The fourth-order valence-corrected chi connectivity index (χ4v) is 12.4. The van der Waals surface area contributed by atoms with Crippen LogP contribution in [-0.2, 0) is 43.2 Å². The number of carbonyl (C=O) groups excluding carboxylic acids is 3. The molecule has 9 nitrogen and oxygen atoms in total. The topological polar surface area (TPSA) is 106 Å². The molecule has 2 saturated heterocycles. The largest absolute Gasteiger partial charge is 0.497 e. The number of fused-ring (bicyclic) bond motifs is 1. The molecule has 6 atom stereocenters. The molecule has 49 heavy (non-hydrogen) atoms. The second-order valence-electron chi connectivity index (χ2n) is 14.3. The summed E-state index contributed by atoms with van der Waals surface area (Å²) in [5.74, 6) is 0.594. The quantitative estimate of drug-likeness (QED) is 0.173. The maximum absolute atomic E-state index is 14.1. The summed E-state index contributed by atoms with van der Waals surface area (Å²) >= 11 is 0. The van der Waals surface area contributed by atoms with E-state index >= 15 is 0 Å². The van der Waals surface area contributed by atoms with Crippen molar-refractivity contribution in [2.45, 2.75) is 95.6 Å². The molecule has 1 N–H and O–H groups in total. The number of aryl methyl sites for hydroxylation is 1. The van der Waals surface area contributed by atoms with Crippen molar-refractivity contribution in [2.24, 2.45) is 5.92 Å². The minimum absolute atomic E-state index is 0.0270. The van der Waals surface area contributed by atoms with Gasteiger partial charge < -0.3 is 24.2 Å². The van der Waals surface area contributed by atoms with Crippen molar-refractivity contribution < 1.29 is 33.7 Å². The third-order valence-corrected chi connectivity index (χ3v) is 15.4. The molecule has 0 bridgehead atoms. The Hall–Kier alpha value is -3.99. The molecule has 1 unspecified atom stereocenters. The van der Waals surface area contributed by atoms with Gasteiger partial charge in [0.15, 0.2) is 6.23 Å². The Morgan fingerprint density at radius 2 is 1.65 bits per heavy atom. The summed E-state index contributed by atoms with van der Waals surface area (Å²) in [4.78, 5) is 41.2. The fraction of sp³-hybridized carbons (Fsp3) is 0.462. The number of methoxy groups -OCH3 is 1. The number of carbonyl (C=O) groups is 3. The molecule has 3 aromatic carbocycles. The number of hydrogen-bond acceptors (Lipinski definition) is 7. The summed E-state index contributed by atoms with van der Waals surface area (Å²) in [6, 6.07) is 24.1. The summed E-state index contributed by atoms with van der Waals surface area (Å²) in [6.45, 7) is 8.81. The first kappa shape index (κ1) is 34.9. The zero-order chi connectivity index (χ0) is 34.9. The lowest BCUT2D eigenvalue weighted by atomic mass is 9.93. The highest BCUT2D eigenvalue weighted by Crippen LogP contribution is 2.47. The monoisotopic (exact) mass is 684 g/mol. The molecule has 0 aliphatic carbocycles. The van der Waals surface area contributed by atoms with Gasteiger partial charge in [-0.1, -0.05) is 73.7 Å². The van der Waals surface area contributed by atoms with Crippen LogP contribution in [0.5, 0.6) is 5.75 Å². The van der Waals surface area contributed by atoms with Crippen LogP contribution in [0, 0.1) is 5.92 Å². The number of aliphatic hydroxyl groups is 1. The Bertz CT molecular complexity index is 1660. The summed E-state index contributed by atoms with van der Waals surface area (Å²) < 4.78 is 17.6. The Balaban J connectivity index is 1.19. The second kappa shape index (κ2) is 14.5. The van der Waals surface area contributed by atoms with Gasteiger partial charge in [0.1, 0.15) is 5.75 Å². The lowest BCUT2D eigenvalue weighted by molar-refractivity contribution is -0.154. The molecule has 3 aliphatic heterocycles. The average Bonchev–Trinajstić information content (AvgIpc) is 3.41. The molecule has 3 heterocycles. The molecule has 0 spiro atoms. The van der Waals surface area contributed by atoms with Crippen molar-refractivity contribution >= 4 is 36.7 Å². The van der Waals surface area contributed by atoms with E-state index in [1.807, 2.05) is 53.4 Å². The SMILES string of the molecule is COc1ccc([Si](C)(C)[C@@H]2[C@@H](C)[C@@H](CCc3ccc(N4C(=O)CC4OC(C)=O)cc3)O[C@H]2CC(=O)N2Cc3ccccc3C[C@H]2CO)cc1. The number of β-lactam (4-membered cyclic amide) rings is 1. The molecule has 260 valence electrons. The van der Waals surface area contributed by atoms with Crippen LogP contribution in [0.2, 0.25) is 18.6 Å². The Morgan fingerprint density at radius 3 is 2.29 bits per heavy atom. The minimum Gasteiger partial charge on any atom is -0.497 e. The summed E-state index contributed by atoms with van der Waals surface area (Å²) in [5, 5.41) is 11.6. The van der Waals surface area contributed by atoms with Gasteiger partial charge in [-0.25, -0.2) is 0 Å². The number of rotatable bonds is 11. The predicted octanol–water partition coefficient (Wildman–Crippen LogP) is 4.98. The Kier molecular flexibility index (Phi) is 10.3. The number of hydrogen-bond donors (Lipinski definition) is 1. The highest BCUT2D eigenvalue weighted by molar-refractivity contribution is 6.91. The van der Waals surface area contributed by atoms with Crippen LogP contribution in [0.4, 0.5) is 5.69 Å². The minimum atomic E-state index is -2.17. The van der Waals surface area contributed by atoms with Gasteiger partial charge in [-0.3, -0.25) is 19.3 Å². The van der Waals surface area contributed by atoms with E-state index in [2.05, 4.69) is 44.3 Å². The van der Waals surface area contributed by atoms with Crippen LogP contribution in [0.3, 0.4) is 0 Å². The van der Waals surface area contributed by atoms with Gasteiger partial charge in [0.2, 0.25) is 11.8 Å². The second-order valence-corrected chi connectivity index (χ2v) is 19.0. The van der Waals surface area contributed by atoms with Gasteiger partial charge in [-0.15, -0.1) is 0 Å². The normalized spacial score (nSPS) is 25.1. The van der Waals surface area contributed by atoms with E-state index in [0.29, 0.717) is 18.7 Å². The fourth-order valence-electron chi connectivity index (χ4n) is 8.29. The number of ether oxygens (including phenoxy) is 3.